The predicted molar refractivity (Wildman–Crippen MR) is 182 cm³/mol. The number of pyridine rings is 1. The molecule has 6 rings (SSSR count). The molecular formula is C33H29Cl2F6N7O3S. The van der Waals surface area contributed by atoms with Gasteiger partial charge < -0.3 is 5.32 Å². The third kappa shape index (κ3) is 6.92. The lowest BCUT2D eigenvalue weighted by Crippen LogP contribution is -2.35. The van der Waals surface area contributed by atoms with Gasteiger partial charge in [0.1, 0.15) is 34.7 Å². The van der Waals surface area contributed by atoms with Crippen molar-refractivity contribution in [3.05, 3.63) is 92.5 Å². The van der Waals surface area contributed by atoms with Gasteiger partial charge in [-0.2, -0.15) is 19.0 Å². The molecule has 5 aromatic rings. The van der Waals surface area contributed by atoms with E-state index in [0.29, 0.717) is 21.8 Å². The molecule has 0 saturated carbocycles. The molecule has 10 nitrogen and oxygen atoms in total. The Balaban J connectivity index is 1.48. The molecule has 0 fully saturated rings. The van der Waals surface area contributed by atoms with Crippen LogP contribution in [0, 0.1) is 17.6 Å². The van der Waals surface area contributed by atoms with E-state index < -0.39 is 75.7 Å². The lowest BCUT2D eigenvalue weighted by molar-refractivity contribution is -0.123. The first-order valence-corrected chi connectivity index (χ1v) is 18.2. The molecule has 3 heterocycles. The minimum Gasteiger partial charge on any atom is -0.346 e. The Morgan fingerprint density at radius 3 is 2.29 bits per heavy atom. The van der Waals surface area contributed by atoms with Crippen molar-refractivity contribution >= 4 is 55.9 Å². The number of aromatic nitrogens is 5. The van der Waals surface area contributed by atoms with E-state index in [1.54, 1.807) is 6.07 Å². The number of carbonyl (C=O) groups is 1. The molecule has 2 aromatic carbocycles. The summed E-state index contributed by atoms with van der Waals surface area (Å²) >= 11 is 12.9. The van der Waals surface area contributed by atoms with E-state index in [2.05, 4.69) is 25.2 Å². The van der Waals surface area contributed by atoms with Crippen molar-refractivity contribution in [3.63, 3.8) is 0 Å². The summed E-state index contributed by atoms with van der Waals surface area (Å²) in [7, 11) is -2.27. The molecular weight excluding hydrogens is 759 g/mol. The number of alkyl halides is 4. The fourth-order valence-corrected chi connectivity index (χ4v) is 7.58. The van der Waals surface area contributed by atoms with Gasteiger partial charge in [-0.15, -0.1) is 0 Å². The van der Waals surface area contributed by atoms with Gasteiger partial charge in [-0.05, 0) is 48.2 Å². The molecule has 0 bridgehead atoms. The molecule has 3 atom stereocenters. The van der Waals surface area contributed by atoms with Crippen LogP contribution in [0.5, 0.6) is 0 Å². The molecule has 0 saturated heterocycles. The highest BCUT2D eigenvalue weighted by atomic mass is 35.5. The van der Waals surface area contributed by atoms with E-state index >= 15 is 8.78 Å². The van der Waals surface area contributed by atoms with Gasteiger partial charge in [-0.1, -0.05) is 43.1 Å². The summed E-state index contributed by atoms with van der Waals surface area (Å²) in [5.74, 6) is -8.79. The van der Waals surface area contributed by atoms with Crippen molar-refractivity contribution < 1.29 is 39.6 Å². The zero-order chi connectivity index (χ0) is 38.0. The van der Waals surface area contributed by atoms with Crippen LogP contribution in [0.4, 0.5) is 32.2 Å². The van der Waals surface area contributed by atoms with Crippen LogP contribution < -0.4 is 10.0 Å². The van der Waals surface area contributed by atoms with E-state index in [0.717, 1.165) is 18.4 Å². The quantitative estimate of drug-likeness (QED) is 0.111. The Morgan fingerprint density at radius 1 is 1.00 bits per heavy atom. The molecule has 1 aliphatic carbocycles. The van der Waals surface area contributed by atoms with Gasteiger partial charge >= 0.3 is 0 Å². The predicted octanol–water partition coefficient (Wildman–Crippen LogP) is 7.67. The van der Waals surface area contributed by atoms with E-state index in [9.17, 15) is 30.8 Å². The minimum absolute atomic E-state index is 0.0412. The number of fused-ring (bicyclic) bond motifs is 2. The number of rotatable bonds is 10. The van der Waals surface area contributed by atoms with Crippen LogP contribution in [-0.4, -0.2) is 45.1 Å². The molecule has 0 aliphatic heterocycles. The fourth-order valence-electron chi connectivity index (χ4n) is 6.69. The molecule has 1 amide bonds. The molecule has 3 aromatic heterocycles. The number of carbonyl (C=O) groups excluding carboxylic acids is 1. The third-order valence-corrected chi connectivity index (χ3v) is 10.1. The number of aryl methyl sites for hydroxylation is 1. The van der Waals surface area contributed by atoms with E-state index in [1.165, 1.54) is 43.8 Å². The number of anilines is 1. The highest BCUT2D eigenvalue weighted by molar-refractivity contribution is 7.92. The van der Waals surface area contributed by atoms with Crippen molar-refractivity contribution in [3.8, 4) is 11.1 Å². The Hall–Kier alpha value is -4.35. The van der Waals surface area contributed by atoms with Gasteiger partial charge in [0.05, 0.1) is 33.9 Å². The Bertz CT molecular complexity index is 2330. The second-order valence-electron chi connectivity index (χ2n) is 12.6. The number of nitrogens with zero attached hydrogens (tertiary/aromatic N) is 5. The van der Waals surface area contributed by atoms with Gasteiger partial charge in [0.25, 0.3) is 12.3 Å². The molecule has 2 N–H and O–H groups in total. The second kappa shape index (κ2) is 13.6. The first-order valence-electron chi connectivity index (χ1n) is 15.6. The fraction of sp³-hybridized carbons (Fsp3) is 0.333. The molecule has 276 valence electrons. The summed E-state index contributed by atoms with van der Waals surface area (Å²) < 4.78 is 116. The van der Waals surface area contributed by atoms with Crippen molar-refractivity contribution in [1.29, 1.82) is 0 Å². The highest BCUT2D eigenvalue weighted by Crippen LogP contribution is 2.54. The molecule has 52 heavy (non-hydrogen) atoms. The number of hydrogen-bond donors (Lipinski definition) is 2. The van der Waals surface area contributed by atoms with Gasteiger partial charge in [-0.3, -0.25) is 18.9 Å². The average molecular weight is 789 g/mol. The van der Waals surface area contributed by atoms with Crippen molar-refractivity contribution in [1.82, 2.24) is 29.9 Å². The summed E-state index contributed by atoms with van der Waals surface area (Å²) in [6, 6.07) is 7.44. The summed E-state index contributed by atoms with van der Waals surface area (Å²) in [4.78, 5) is 18.2. The average Bonchev–Trinajstić information content (AvgIpc) is 3.62. The van der Waals surface area contributed by atoms with Gasteiger partial charge in [0, 0.05) is 35.7 Å². The largest absolute Gasteiger partial charge is 0.346 e. The van der Waals surface area contributed by atoms with Gasteiger partial charge in [0.2, 0.25) is 15.9 Å². The Kier molecular flexibility index (Phi) is 9.76. The van der Waals surface area contributed by atoms with Crippen molar-refractivity contribution in [2.75, 3.05) is 11.0 Å². The number of nitrogens with one attached hydrogen (secondary N) is 2. The van der Waals surface area contributed by atoms with Crippen LogP contribution in [-0.2, 0) is 40.8 Å². The molecule has 1 aliphatic rings. The van der Waals surface area contributed by atoms with E-state index in [-0.39, 0.29) is 50.2 Å². The van der Waals surface area contributed by atoms with Crippen LogP contribution in [0.25, 0.3) is 22.0 Å². The monoisotopic (exact) mass is 787 g/mol. The van der Waals surface area contributed by atoms with Gasteiger partial charge in [-0.25, -0.2) is 31.0 Å². The lowest BCUT2D eigenvalue weighted by Gasteiger charge is -2.23. The second-order valence-corrected chi connectivity index (χ2v) is 15.2. The van der Waals surface area contributed by atoms with Crippen LogP contribution in [0.1, 0.15) is 60.4 Å². The molecule has 0 radical (unpaired) electrons. The molecule has 19 heteroatoms. The van der Waals surface area contributed by atoms with Gasteiger partial charge in [0.15, 0.2) is 5.82 Å². The van der Waals surface area contributed by atoms with E-state index in [1.807, 2.05) is 0 Å². The van der Waals surface area contributed by atoms with E-state index in [4.69, 9.17) is 23.2 Å². The zero-order valence-electron chi connectivity index (χ0n) is 27.7. The standard InChI is InChI=1S/C33H29Cl2F6N7O3S/c1-14-15(2)33(40,41)30-25(14)28(31(38)39)44-48(30)13-24(49)42-22(11-16-9-17(36)12-18(37)10-16)27-19(6-8-23(35)43-27)20-5-7-21(34)26-29(20)47(3)45-32(26)46-52(4,50)51/h5-10,12,14-15,22,31H,11,13H2,1-4H3,(H,42,49)(H,45,46)/t14-,15+,22-/m0/s1. The maximum absolute atomic E-state index is 15.4. The number of hydrogen-bond acceptors (Lipinski definition) is 6. The van der Waals surface area contributed by atoms with Crippen LogP contribution >= 0.6 is 23.2 Å². The van der Waals surface area contributed by atoms with Crippen molar-refractivity contribution in [2.24, 2.45) is 13.0 Å². The lowest BCUT2D eigenvalue weighted by atomic mass is 9.94. The Morgan fingerprint density at radius 2 is 1.65 bits per heavy atom. The zero-order valence-corrected chi connectivity index (χ0v) is 30.0. The first-order chi connectivity index (χ1) is 24.3. The maximum atomic E-state index is 15.4. The SMILES string of the molecule is C[C@@H]1c2c(C(F)F)nn(CC(=O)N[C@@H](Cc3cc(F)cc(F)c3)c3nc(Cl)ccc3-c3ccc(Cl)c4c(NS(C)(=O)=O)nn(C)c34)c2C(F)(F)[C@@H]1C. The molecule has 0 spiro atoms. The van der Waals surface area contributed by atoms with Crippen LogP contribution in [0.3, 0.4) is 0 Å². The first kappa shape index (κ1) is 37.4. The maximum Gasteiger partial charge on any atom is 0.292 e. The summed E-state index contributed by atoms with van der Waals surface area (Å²) in [6.07, 6.45) is -2.57. The summed E-state index contributed by atoms with van der Waals surface area (Å²) in [6.45, 7) is 1.70. The minimum atomic E-state index is -3.80. The van der Waals surface area contributed by atoms with Crippen molar-refractivity contribution in [2.45, 2.75) is 51.1 Å². The Labute approximate surface area is 303 Å². The highest BCUT2D eigenvalue weighted by Gasteiger charge is 2.55. The topological polar surface area (TPSA) is 124 Å². The number of sulfonamides is 1. The number of halogens is 8. The normalized spacial score (nSPS) is 17.5. The number of benzene rings is 2. The smallest absolute Gasteiger partial charge is 0.292 e. The summed E-state index contributed by atoms with van der Waals surface area (Å²) in [5, 5.41) is 10.9. The number of amides is 1. The van der Waals surface area contributed by atoms with Crippen LogP contribution in [0.15, 0.2) is 42.5 Å². The molecule has 0 unspecified atom stereocenters. The summed E-state index contributed by atoms with van der Waals surface area (Å²) in [5.41, 5.74) is -0.878. The third-order valence-electron chi connectivity index (χ3n) is 9.04. The van der Waals surface area contributed by atoms with Crippen LogP contribution in [0.2, 0.25) is 10.2 Å².